The number of methoxy groups -OCH3 is 3. The Morgan fingerprint density at radius 1 is 1.12 bits per heavy atom. The Balaban J connectivity index is 1.72. The van der Waals surface area contributed by atoms with E-state index in [1.807, 2.05) is 26.0 Å². The molecule has 0 saturated carbocycles. The Bertz CT molecular complexity index is 1430. The maximum Gasteiger partial charge on any atom is 0.305 e. The van der Waals surface area contributed by atoms with Crippen LogP contribution in [0.25, 0.3) is 0 Å². The third-order valence-electron chi connectivity index (χ3n) is 7.26. The number of carbonyl (C=O) groups is 2. The predicted molar refractivity (Wildman–Crippen MR) is 159 cm³/mol. The molecule has 0 radical (unpaired) electrons. The van der Waals surface area contributed by atoms with Gasteiger partial charge in [0.1, 0.15) is 12.2 Å². The van der Waals surface area contributed by atoms with Crippen LogP contribution in [0, 0.1) is 5.41 Å². The highest BCUT2D eigenvalue weighted by molar-refractivity contribution is 6.30. The van der Waals surface area contributed by atoms with Gasteiger partial charge in [-0.3, -0.25) is 9.59 Å². The number of halogens is 1. The molecule has 0 unspecified atom stereocenters. The van der Waals surface area contributed by atoms with E-state index >= 15 is 0 Å². The van der Waals surface area contributed by atoms with Crippen molar-refractivity contribution >= 4 is 29.2 Å². The molecule has 2 atom stereocenters. The van der Waals surface area contributed by atoms with E-state index < -0.39 is 17.6 Å². The molecule has 2 heterocycles. The van der Waals surface area contributed by atoms with Crippen molar-refractivity contribution in [3.05, 3.63) is 64.3 Å². The zero-order chi connectivity index (χ0) is 31.1. The van der Waals surface area contributed by atoms with Crippen molar-refractivity contribution in [1.82, 2.24) is 10.1 Å². The van der Waals surface area contributed by atoms with Crippen molar-refractivity contribution in [3.63, 3.8) is 0 Å². The topological polar surface area (TPSA) is 133 Å². The largest absolute Gasteiger partial charge is 0.493 e. The molecule has 1 aromatic heterocycles. The number of nitrogens with zero attached hydrogens (tertiary/aromatic N) is 3. The number of rotatable bonds is 13. The van der Waals surface area contributed by atoms with Gasteiger partial charge in [-0.25, -0.2) is 0 Å². The van der Waals surface area contributed by atoms with E-state index in [0.29, 0.717) is 70.7 Å². The van der Waals surface area contributed by atoms with E-state index in [9.17, 15) is 14.7 Å². The lowest BCUT2D eigenvalue weighted by molar-refractivity contribution is -0.140. The second kappa shape index (κ2) is 14.2. The Hall–Kier alpha value is -3.67. The lowest BCUT2D eigenvalue weighted by atomic mass is 9.92. The summed E-state index contributed by atoms with van der Waals surface area (Å²) in [4.78, 5) is 31.8. The molecule has 1 aliphatic rings. The van der Waals surface area contributed by atoms with Crippen molar-refractivity contribution in [2.45, 2.75) is 58.2 Å². The number of unbranched alkanes of at least 4 members (excludes halogenated alkanes) is 1. The number of aliphatic hydroxyl groups excluding tert-OH is 1. The quantitative estimate of drug-likeness (QED) is 0.213. The van der Waals surface area contributed by atoms with Crippen LogP contribution >= 0.6 is 11.6 Å². The van der Waals surface area contributed by atoms with Crippen LogP contribution in [-0.4, -0.2) is 67.7 Å². The fourth-order valence-electron chi connectivity index (χ4n) is 4.99. The van der Waals surface area contributed by atoms with Crippen molar-refractivity contribution in [2.24, 2.45) is 5.41 Å². The average Bonchev–Trinajstić information content (AvgIpc) is 3.42. The third kappa shape index (κ3) is 7.65. The number of carbonyl (C=O) groups excluding carboxylic acids is 2. The van der Waals surface area contributed by atoms with E-state index in [1.54, 1.807) is 43.4 Å². The van der Waals surface area contributed by atoms with E-state index in [2.05, 4.69) is 14.9 Å². The minimum Gasteiger partial charge on any atom is -0.493 e. The van der Waals surface area contributed by atoms with Gasteiger partial charge in [-0.1, -0.05) is 42.7 Å². The molecular formula is C31H38ClN3O8. The van der Waals surface area contributed by atoms with Crippen LogP contribution < -0.4 is 14.4 Å². The molecule has 0 spiro atoms. The molecule has 1 aliphatic heterocycles. The van der Waals surface area contributed by atoms with Crippen LogP contribution in [0.15, 0.2) is 40.9 Å². The zero-order valence-electron chi connectivity index (χ0n) is 25.1. The molecule has 0 aliphatic carbocycles. The molecule has 0 fully saturated rings. The first-order valence-electron chi connectivity index (χ1n) is 14.1. The number of fused-ring (bicyclic) bond motifs is 1. The fourth-order valence-corrected chi connectivity index (χ4v) is 5.17. The van der Waals surface area contributed by atoms with Gasteiger partial charge in [0.05, 0.1) is 21.3 Å². The predicted octanol–water partition coefficient (Wildman–Crippen LogP) is 4.71. The lowest BCUT2D eigenvalue weighted by Crippen LogP contribution is -2.46. The van der Waals surface area contributed by atoms with Crippen molar-refractivity contribution in [2.75, 3.05) is 39.4 Å². The number of para-hydroxylation sites is 1. The van der Waals surface area contributed by atoms with Crippen LogP contribution in [0.4, 0.5) is 5.69 Å². The second-order valence-corrected chi connectivity index (χ2v) is 11.6. The average molecular weight is 616 g/mol. The molecule has 0 saturated heterocycles. The monoisotopic (exact) mass is 615 g/mol. The molecule has 2 aromatic carbocycles. The number of anilines is 1. The van der Waals surface area contributed by atoms with Gasteiger partial charge in [-0.05, 0) is 37.1 Å². The number of aromatic nitrogens is 2. The Morgan fingerprint density at radius 2 is 1.91 bits per heavy atom. The second-order valence-electron chi connectivity index (χ2n) is 11.1. The lowest BCUT2D eigenvalue weighted by Gasteiger charge is -2.32. The van der Waals surface area contributed by atoms with Gasteiger partial charge >= 0.3 is 5.97 Å². The minimum absolute atomic E-state index is 0.0328. The molecule has 4 rings (SSSR count). The van der Waals surface area contributed by atoms with E-state index in [0.717, 1.165) is 0 Å². The molecule has 12 heteroatoms. The Labute approximate surface area is 256 Å². The number of aryl methyl sites for hydroxylation is 1. The van der Waals surface area contributed by atoms with E-state index in [-0.39, 0.29) is 31.4 Å². The van der Waals surface area contributed by atoms with Gasteiger partial charge in [0.25, 0.3) is 5.91 Å². The molecular weight excluding hydrogens is 578 g/mol. The van der Waals surface area contributed by atoms with Gasteiger partial charge in [0.15, 0.2) is 17.3 Å². The maximum atomic E-state index is 14.3. The minimum atomic E-state index is -1.02. The van der Waals surface area contributed by atoms with Crippen LogP contribution in [-0.2, 0) is 31.9 Å². The summed E-state index contributed by atoms with van der Waals surface area (Å²) in [6, 6.07) is 10.7. The highest BCUT2D eigenvalue weighted by Crippen LogP contribution is 2.45. The smallest absolute Gasteiger partial charge is 0.305 e. The number of hydrogen-bond acceptors (Lipinski definition) is 10. The molecule has 1 amide bonds. The van der Waals surface area contributed by atoms with Gasteiger partial charge in [0, 0.05) is 59.7 Å². The zero-order valence-corrected chi connectivity index (χ0v) is 25.8. The summed E-state index contributed by atoms with van der Waals surface area (Å²) in [5.41, 5.74) is 1.29. The summed E-state index contributed by atoms with van der Waals surface area (Å²) in [5.74, 6) is 1.09. The van der Waals surface area contributed by atoms with Gasteiger partial charge in [-0.15, -0.1) is 0 Å². The SMILES string of the molecule is COC(=O)CCCCc1nc(C[C@H]2O[C@H](c3cccc(OC)c3OC)c3cc(Cl)ccc3N(CC(C)(C)CO)C2=O)no1. The summed E-state index contributed by atoms with van der Waals surface area (Å²) in [6.45, 7) is 3.84. The Kier molecular flexibility index (Phi) is 10.6. The van der Waals surface area contributed by atoms with E-state index in [4.69, 9.17) is 30.3 Å². The van der Waals surface area contributed by atoms with Crippen LogP contribution in [0.1, 0.15) is 62.1 Å². The first-order valence-corrected chi connectivity index (χ1v) is 14.4. The highest BCUT2D eigenvalue weighted by atomic mass is 35.5. The fraction of sp³-hybridized carbons (Fsp3) is 0.484. The molecule has 232 valence electrons. The number of hydrogen-bond donors (Lipinski definition) is 1. The molecule has 1 N–H and O–H groups in total. The maximum absolute atomic E-state index is 14.3. The first kappa shape index (κ1) is 32.2. The van der Waals surface area contributed by atoms with E-state index in [1.165, 1.54) is 7.11 Å². The molecule has 3 aromatic rings. The summed E-state index contributed by atoms with van der Waals surface area (Å²) >= 11 is 6.49. The number of benzene rings is 2. The van der Waals surface area contributed by atoms with Crippen molar-refractivity contribution in [1.29, 1.82) is 0 Å². The van der Waals surface area contributed by atoms with Crippen LogP contribution in [0.3, 0.4) is 0 Å². The summed E-state index contributed by atoms with van der Waals surface area (Å²) in [5, 5.41) is 14.7. The molecule has 11 nitrogen and oxygen atoms in total. The van der Waals surface area contributed by atoms with Gasteiger partial charge in [0.2, 0.25) is 5.89 Å². The normalized spacial score (nSPS) is 16.9. The summed E-state index contributed by atoms with van der Waals surface area (Å²) < 4.78 is 28.1. The van der Waals surface area contributed by atoms with Crippen LogP contribution in [0.5, 0.6) is 11.5 Å². The molecule has 43 heavy (non-hydrogen) atoms. The van der Waals surface area contributed by atoms with Gasteiger partial charge < -0.3 is 33.5 Å². The number of ether oxygens (including phenoxy) is 4. The van der Waals surface area contributed by atoms with Crippen molar-refractivity contribution in [3.8, 4) is 11.5 Å². The highest BCUT2D eigenvalue weighted by Gasteiger charge is 2.40. The van der Waals surface area contributed by atoms with Gasteiger partial charge in [-0.2, -0.15) is 4.98 Å². The first-order chi connectivity index (χ1) is 20.6. The Morgan fingerprint density at radius 3 is 2.60 bits per heavy atom. The number of aliphatic hydroxyl groups is 1. The van der Waals surface area contributed by atoms with Crippen molar-refractivity contribution < 1.29 is 38.2 Å². The molecule has 0 bridgehead atoms. The number of amides is 1. The third-order valence-corrected chi connectivity index (χ3v) is 7.50. The standard InChI is InChI=1S/C31H38ClN3O8/c1-31(2,18-36)17-35-22-14-13-19(32)15-21(22)28(20-9-8-10-23(39-3)29(20)41-5)42-24(30(35)38)16-25-33-26(43-34-25)11-6-7-12-27(37)40-4/h8-10,13-15,24,28,36H,6-7,11-12,16-18H2,1-5H3/t24-,28-/m1/s1. The summed E-state index contributed by atoms with van der Waals surface area (Å²) in [7, 11) is 4.45. The van der Waals surface area contributed by atoms with Crippen LogP contribution in [0.2, 0.25) is 5.02 Å². The summed E-state index contributed by atoms with van der Waals surface area (Å²) in [6.07, 6.45) is 0.300. The number of esters is 1.